The van der Waals surface area contributed by atoms with E-state index < -0.39 is 0 Å². The van der Waals surface area contributed by atoms with E-state index in [9.17, 15) is 9.59 Å². The van der Waals surface area contributed by atoms with Crippen molar-refractivity contribution in [3.8, 4) is 0 Å². The molecule has 2 atom stereocenters. The fraction of sp³-hybridized carbons (Fsp3) is 0.857. The molecule has 110 valence electrons. The molecule has 0 aromatic carbocycles. The minimum Gasteiger partial charge on any atom is -0.469 e. The van der Waals surface area contributed by atoms with Crippen molar-refractivity contribution in [2.45, 2.75) is 52.1 Å². The van der Waals surface area contributed by atoms with Crippen LogP contribution in [0.1, 0.15) is 40.5 Å². The van der Waals surface area contributed by atoms with Crippen molar-refractivity contribution in [3.63, 3.8) is 0 Å². The summed E-state index contributed by atoms with van der Waals surface area (Å²) in [5, 5.41) is 2.98. The summed E-state index contributed by atoms with van der Waals surface area (Å²) in [7, 11) is 1.41. The third-order valence-corrected chi connectivity index (χ3v) is 3.41. The lowest BCUT2D eigenvalue weighted by atomic mass is 9.96. The second-order valence-corrected chi connectivity index (χ2v) is 6.27. The van der Waals surface area contributed by atoms with Crippen molar-refractivity contribution < 1.29 is 14.3 Å². The monoisotopic (exact) mass is 270 g/mol. The highest BCUT2D eigenvalue weighted by atomic mass is 16.5. The van der Waals surface area contributed by atoms with Gasteiger partial charge in [-0.15, -0.1) is 0 Å². The van der Waals surface area contributed by atoms with E-state index in [0.29, 0.717) is 6.54 Å². The summed E-state index contributed by atoms with van der Waals surface area (Å²) in [4.78, 5) is 25.8. The van der Waals surface area contributed by atoms with E-state index in [4.69, 9.17) is 4.74 Å². The van der Waals surface area contributed by atoms with Gasteiger partial charge in [0.2, 0.25) is 5.91 Å². The molecular formula is C14H26N2O3. The molecule has 0 bridgehead atoms. The number of amides is 1. The van der Waals surface area contributed by atoms with Gasteiger partial charge in [-0.05, 0) is 47.1 Å². The van der Waals surface area contributed by atoms with Gasteiger partial charge < -0.3 is 10.1 Å². The summed E-state index contributed by atoms with van der Waals surface area (Å²) in [5.74, 6) is -0.269. The molecular weight excluding hydrogens is 244 g/mol. The molecule has 0 aromatic rings. The van der Waals surface area contributed by atoms with Crippen molar-refractivity contribution in [2.24, 2.45) is 5.92 Å². The Bertz CT molecular complexity index is 336. The van der Waals surface area contributed by atoms with Gasteiger partial charge >= 0.3 is 5.97 Å². The third kappa shape index (κ3) is 4.82. The summed E-state index contributed by atoms with van der Waals surface area (Å²) >= 11 is 0. The maximum atomic E-state index is 12.1. The number of nitrogens with one attached hydrogen (secondary N) is 1. The average molecular weight is 270 g/mol. The van der Waals surface area contributed by atoms with Gasteiger partial charge in [-0.25, -0.2) is 0 Å². The van der Waals surface area contributed by atoms with E-state index in [-0.39, 0.29) is 29.4 Å². The molecule has 0 aromatic heterocycles. The van der Waals surface area contributed by atoms with Crippen molar-refractivity contribution >= 4 is 11.9 Å². The molecule has 1 N–H and O–H groups in total. The topological polar surface area (TPSA) is 58.6 Å². The molecule has 1 rings (SSSR count). The van der Waals surface area contributed by atoms with E-state index >= 15 is 0 Å². The van der Waals surface area contributed by atoms with E-state index in [2.05, 4.69) is 10.2 Å². The Morgan fingerprint density at radius 2 is 2.00 bits per heavy atom. The lowest BCUT2D eigenvalue weighted by Crippen LogP contribution is -2.53. The fourth-order valence-corrected chi connectivity index (χ4v) is 2.36. The van der Waals surface area contributed by atoms with Crippen LogP contribution in [0.4, 0.5) is 0 Å². The van der Waals surface area contributed by atoms with Crippen molar-refractivity contribution in [1.29, 1.82) is 0 Å². The number of hydrogen-bond acceptors (Lipinski definition) is 4. The molecule has 19 heavy (non-hydrogen) atoms. The first-order chi connectivity index (χ1) is 8.74. The minimum atomic E-state index is -0.233. The number of piperidine rings is 1. The van der Waals surface area contributed by atoms with Gasteiger partial charge in [-0.2, -0.15) is 0 Å². The second-order valence-electron chi connectivity index (χ2n) is 6.27. The first-order valence-corrected chi connectivity index (χ1v) is 6.88. The predicted octanol–water partition coefficient (Wildman–Crippen LogP) is 1.17. The Morgan fingerprint density at radius 3 is 2.53 bits per heavy atom. The standard InChI is InChI=1S/C14H26N2O3/c1-10(12(17)15-14(2,3)4)16-8-6-7-11(9-16)13(18)19-5/h10-11H,6-9H2,1-5H3,(H,15,17). The highest BCUT2D eigenvalue weighted by Gasteiger charge is 2.32. The number of esters is 1. The van der Waals surface area contributed by atoms with Gasteiger partial charge in [0.05, 0.1) is 19.1 Å². The van der Waals surface area contributed by atoms with Gasteiger partial charge in [0.25, 0.3) is 0 Å². The number of carbonyl (C=O) groups is 2. The van der Waals surface area contributed by atoms with E-state index in [1.165, 1.54) is 7.11 Å². The minimum absolute atomic E-state index is 0.0121. The number of hydrogen-bond donors (Lipinski definition) is 1. The maximum absolute atomic E-state index is 12.1. The van der Waals surface area contributed by atoms with Crippen LogP contribution >= 0.6 is 0 Å². The van der Waals surface area contributed by atoms with Gasteiger partial charge in [-0.3, -0.25) is 14.5 Å². The number of rotatable bonds is 3. The number of ether oxygens (including phenoxy) is 1. The molecule has 0 saturated carbocycles. The quantitative estimate of drug-likeness (QED) is 0.782. The molecule has 5 heteroatoms. The van der Waals surface area contributed by atoms with Crippen molar-refractivity contribution in [1.82, 2.24) is 10.2 Å². The zero-order valence-corrected chi connectivity index (χ0v) is 12.7. The zero-order valence-electron chi connectivity index (χ0n) is 12.7. The molecule has 1 amide bonds. The van der Waals surface area contributed by atoms with E-state index in [1.807, 2.05) is 27.7 Å². The number of likely N-dealkylation sites (tertiary alicyclic amines) is 1. The van der Waals surface area contributed by atoms with Crippen molar-refractivity contribution in [3.05, 3.63) is 0 Å². The normalized spacial score (nSPS) is 22.7. The summed E-state index contributed by atoms with van der Waals surface area (Å²) < 4.78 is 4.79. The van der Waals surface area contributed by atoms with Crippen molar-refractivity contribution in [2.75, 3.05) is 20.2 Å². The van der Waals surface area contributed by atoms with Crippen LogP contribution in [0, 0.1) is 5.92 Å². The number of nitrogens with zero attached hydrogens (tertiary/aromatic N) is 1. The fourth-order valence-electron chi connectivity index (χ4n) is 2.36. The van der Waals surface area contributed by atoms with Crippen LogP contribution in [-0.2, 0) is 14.3 Å². The Kier molecular flexibility index (Phi) is 5.35. The SMILES string of the molecule is COC(=O)C1CCCN(C(C)C(=O)NC(C)(C)C)C1. The van der Waals surface area contributed by atoms with Gasteiger partial charge in [0.1, 0.15) is 0 Å². The first kappa shape index (κ1) is 16.0. The highest BCUT2D eigenvalue weighted by Crippen LogP contribution is 2.20. The molecule has 0 radical (unpaired) electrons. The largest absolute Gasteiger partial charge is 0.469 e. The molecule has 0 spiro atoms. The summed E-state index contributed by atoms with van der Waals surface area (Å²) in [6, 6.07) is -0.216. The van der Waals surface area contributed by atoms with Gasteiger partial charge in [0, 0.05) is 12.1 Å². The third-order valence-electron chi connectivity index (χ3n) is 3.41. The van der Waals surface area contributed by atoms with Crippen LogP contribution in [0.25, 0.3) is 0 Å². The van der Waals surface area contributed by atoms with Crippen LogP contribution in [0.2, 0.25) is 0 Å². The number of methoxy groups -OCH3 is 1. The molecule has 1 aliphatic heterocycles. The van der Waals surface area contributed by atoms with E-state index in [0.717, 1.165) is 19.4 Å². The smallest absolute Gasteiger partial charge is 0.309 e. The van der Waals surface area contributed by atoms with Crippen LogP contribution in [0.5, 0.6) is 0 Å². The van der Waals surface area contributed by atoms with Crippen LogP contribution in [-0.4, -0.2) is 48.6 Å². The lowest BCUT2D eigenvalue weighted by Gasteiger charge is -2.36. The maximum Gasteiger partial charge on any atom is 0.309 e. The summed E-state index contributed by atoms with van der Waals surface area (Å²) in [6.45, 7) is 9.24. The Hall–Kier alpha value is -1.10. The molecule has 0 aliphatic carbocycles. The van der Waals surface area contributed by atoms with E-state index in [1.54, 1.807) is 0 Å². The van der Waals surface area contributed by atoms with Gasteiger partial charge in [0.15, 0.2) is 0 Å². The average Bonchev–Trinajstić information content (AvgIpc) is 2.35. The Labute approximate surface area is 115 Å². The Balaban J connectivity index is 2.59. The highest BCUT2D eigenvalue weighted by molar-refractivity contribution is 5.82. The zero-order chi connectivity index (χ0) is 14.6. The second kappa shape index (κ2) is 6.37. The molecule has 1 heterocycles. The summed E-state index contributed by atoms with van der Waals surface area (Å²) in [5.41, 5.74) is -0.233. The first-order valence-electron chi connectivity index (χ1n) is 6.88. The molecule has 1 aliphatic rings. The molecule has 5 nitrogen and oxygen atoms in total. The molecule has 1 saturated heterocycles. The van der Waals surface area contributed by atoms with Crippen LogP contribution in [0.3, 0.4) is 0 Å². The predicted molar refractivity (Wildman–Crippen MR) is 73.7 cm³/mol. The number of carbonyl (C=O) groups excluding carboxylic acids is 2. The lowest BCUT2D eigenvalue weighted by molar-refractivity contribution is -0.148. The Morgan fingerprint density at radius 1 is 1.37 bits per heavy atom. The van der Waals surface area contributed by atoms with Crippen LogP contribution < -0.4 is 5.32 Å². The van der Waals surface area contributed by atoms with Gasteiger partial charge in [-0.1, -0.05) is 0 Å². The molecule has 1 fully saturated rings. The van der Waals surface area contributed by atoms with Crippen LogP contribution in [0.15, 0.2) is 0 Å². The summed E-state index contributed by atoms with van der Waals surface area (Å²) in [6.07, 6.45) is 1.77. The molecule has 2 unspecified atom stereocenters.